The summed E-state index contributed by atoms with van der Waals surface area (Å²) in [4.78, 5) is 0. The number of sulfonamides is 1. The fourth-order valence-corrected chi connectivity index (χ4v) is 7.04. The molecule has 0 spiro atoms. The largest absolute Gasteiger partial charge is 0.416 e. The number of benzene rings is 1. The van der Waals surface area contributed by atoms with Gasteiger partial charge in [0.05, 0.1) is 11.3 Å². The Labute approximate surface area is 146 Å². The summed E-state index contributed by atoms with van der Waals surface area (Å²) in [6, 6.07) is 4.82. The molecule has 0 radical (unpaired) electrons. The van der Waals surface area contributed by atoms with Crippen LogP contribution in [0.2, 0.25) is 0 Å². The van der Waals surface area contributed by atoms with E-state index in [1.807, 2.05) is 0 Å². The van der Waals surface area contributed by atoms with Gasteiger partial charge in [0.15, 0.2) is 0 Å². The molecule has 4 aliphatic carbocycles. The maximum atomic E-state index is 13.1. The predicted octanol–water partition coefficient (Wildman–Crippen LogP) is 3.95. The summed E-state index contributed by atoms with van der Waals surface area (Å²) >= 11 is 0. The Morgan fingerprint density at radius 3 is 2.08 bits per heavy atom. The van der Waals surface area contributed by atoms with Crippen molar-refractivity contribution in [2.24, 2.45) is 23.7 Å². The van der Waals surface area contributed by atoms with Gasteiger partial charge in [0, 0.05) is 6.04 Å². The normalized spacial score (nSPS) is 34.4. The van der Waals surface area contributed by atoms with Gasteiger partial charge in [0.2, 0.25) is 10.0 Å². The molecule has 4 saturated carbocycles. The van der Waals surface area contributed by atoms with E-state index in [0.29, 0.717) is 23.7 Å². The van der Waals surface area contributed by atoms with Crippen LogP contribution in [0.3, 0.4) is 0 Å². The fraction of sp³-hybridized carbons (Fsp3) is 0.667. The minimum atomic E-state index is -4.55. The Kier molecular flexibility index (Phi) is 4.15. The Bertz CT molecular complexity index is 732. The first-order valence-electron chi connectivity index (χ1n) is 8.86. The highest BCUT2D eigenvalue weighted by molar-refractivity contribution is 7.88. The third kappa shape index (κ3) is 3.45. The zero-order chi connectivity index (χ0) is 17.8. The van der Waals surface area contributed by atoms with Crippen LogP contribution in [0.4, 0.5) is 13.2 Å². The van der Waals surface area contributed by atoms with Gasteiger partial charge in [-0.1, -0.05) is 18.2 Å². The summed E-state index contributed by atoms with van der Waals surface area (Å²) in [6.45, 7) is 0. The van der Waals surface area contributed by atoms with Gasteiger partial charge < -0.3 is 0 Å². The minimum absolute atomic E-state index is 0.101. The molecule has 1 aromatic rings. The Hall–Kier alpha value is -1.08. The molecule has 4 fully saturated rings. The second-order valence-electron chi connectivity index (χ2n) is 7.99. The van der Waals surface area contributed by atoms with Gasteiger partial charge in [-0.2, -0.15) is 13.2 Å². The van der Waals surface area contributed by atoms with Crippen LogP contribution in [0.25, 0.3) is 0 Å². The van der Waals surface area contributed by atoms with Crippen LogP contribution in [-0.4, -0.2) is 14.5 Å². The zero-order valence-corrected chi connectivity index (χ0v) is 14.6. The Morgan fingerprint density at radius 2 is 1.52 bits per heavy atom. The van der Waals surface area contributed by atoms with E-state index in [9.17, 15) is 21.6 Å². The van der Waals surface area contributed by atoms with Gasteiger partial charge >= 0.3 is 6.18 Å². The van der Waals surface area contributed by atoms with Crippen LogP contribution in [0, 0.1) is 23.7 Å². The molecule has 25 heavy (non-hydrogen) atoms. The van der Waals surface area contributed by atoms with Gasteiger partial charge in [-0.25, -0.2) is 13.1 Å². The van der Waals surface area contributed by atoms with Crippen molar-refractivity contribution < 1.29 is 21.6 Å². The average molecular weight is 373 g/mol. The second-order valence-corrected chi connectivity index (χ2v) is 9.74. The molecule has 0 unspecified atom stereocenters. The predicted molar refractivity (Wildman–Crippen MR) is 88.0 cm³/mol. The van der Waals surface area contributed by atoms with Crippen molar-refractivity contribution in [1.29, 1.82) is 0 Å². The van der Waals surface area contributed by atoms with Crippen molar-refractivity contribution in [2.75, 3.05) is 0 Å². The van der Waals surface area contributed by atoms with Gasteiger partial charge in [-0.15, -0.1) is 0 Å². The molecule has 4 aliphatic rings. The van der Waals surface area contributed by atoms with E-state index < -0.39 is 27.5 Å². The quantitative estimate of drug-likeness (QED) is 0.869. The number of hydrogen-bond acceptors (Lipinski definition) is 2. The first kappa shape index (κ1) is 17.3. The minimum Gasteiger partial charge on any atom is -0.212 e. The van der Waals surface area contributed by atoms with Crippen LogP contribution >= 0.6 is 0 Å². The highest BCUT2D eigenvalue weighted by atomic mass is 32.2. The lowest BCUT2D eigenvalue weighted by Crippen LogP contribution is -2.55. The first-order valence-corrected chi connectivity index (χ1v) is 10.5. The number of halogens is 3. The van der Waals surface area contributed by atoms with Crippen molar-refractivity contribution in [3.63, 3.8) is 0 Å². The van der Waals surface area contributed by atoms with Crippen LogP contribution in [0.5, 0.6) is 0 Å². The molecule has 1 N–H and O–H groups in total. The molecule has 7 heteroatoms. The van der Waals surface area contributed by atoms with Crippen LogP contribution in [0.1, 0.15) is 43.2 Å². The van der Waals surface area contributed by atoms with E-state index in [2.05, 4.69) is 4.72 Å². The molecule has 138 valence electrons. The maximum Gasteiger partial charge on any atom is 0.416 e. The van der Waals surface area contributed by atoms with Crippen molar-refractivity contribution in [1.82, 2.24) is 4.72 Å². The molecule has 0 atom stereocenters. The lowest BCUT2D eigenvalue weighted by atomic mass is 9.54. The SMILES string of the molecule is O=S(=O)(Cc1ccccc1C(F)(F)F)NC1C2CC3CC(C2)CC1C3. The van der Waals surface area contributed by atoms with E-state index in [-0.39, 0.29) is 11.6 Å². The summed E-state index contributed by atoms with van der Waals surface area (Å²) in [7, 11) is -3.81. The molecule has 0 aliphatic heterocycles. The van der Waals surface area contributed by atoms with Crippen LogP contribution < -0.4 is 4.72 Å². The molecule has 0 heterocycles. The molecule has 0 amide bonds. The third-order valence-corrected chi connectivity index (χ3v) is 7.53. The van der Waals surface area contributed by atoms with E-state index in [0.717, 1.165) is 31.7 Å². The molecule has 5 rings (SSSR count). The summed E-state index contributed by atoms with van der Waals surface area (Å²) < 4.78 is 67.3. The summed E-state index contributed by atoms with van der Waals surface area (Å²) in [5, 5.41) is 0. The molecule has 1 aromatic carbocycles. The molecule has 0 aromatic heterocycles. The topological polar surface area (TPSA) is 46.2 Å². The molecular formula is C18H22F3NO2S. The maximum absolute atomic E-state index is 13.1. The van der Waals surface area contributed by atoms with Gasteiger partial charge in [-0.05, 0) is 67.4 Å². The van der Waals surface area contributed by atoms with Crippen molar-refractivity contribution in [3.05, 3.63) is 35.4 Å². The summed E-state index contributed by atoms with van der Waals surface area (Å²) in [5.74, 6) is 1.52. The summed E-state index contributed by atoms with van der Waals surface area (Å²) in [6.07, 6.45) is 0.942. The van der Waals surface area contributed by atoms with Crippen LogP contribution in [0.15, 0.2) is 24.3 Å². The lowest BCUT2D eigenvalue weighted by Gasteiger charge is -2.54. The van der Waals surface area contributed by atoms with Crippen LogP contribution in [-0.2, 0) is 22.0 Å². The fourth-order valence-electron chi connectivity index (χ4n) is 5.49. The van der Waals surface area contributed by atoms with E-state index >= 15 is 0 Å². The second kappa shape index (κ2) is 5.98. The smallest absolute Gasteiger partial charge is 0.212 e. The Balaban J connectivity index is 1.52. The molecular weight excluding hydrogens is 351 g/mol. The van der Waals surface area contributed by atoms with E-state index in [1.54, 1.807) is 0 Å². The molecule has 0 saturated heterocycles. The van der Waals surface area contributed by atoms with Crippen molar-refractivity contribution >= 4 is 10.0 Å². The zero-order valence-electron chi connectivity index (χ0n) is 13.8. The van der Waals surface area contributed by atoms with E-state index in [4.69, 9.17) is 0 Å². The highest BCUT2D eigenvalue weighted by Gasteiger charge is 2.49. The first-order chi connectivity index (χ1) is 11.7. The summed E-state index contributed by atoms with van der Waals surface area (Å²) in [5.41, 5.74) is -1.06. The molecule has 3 nitrogen and oxygen atoms in total. The van der Waals surface area contributed by atoms with Crippen molar-refractivity contribution in [2.45, 2.75) is 50.1 Å². The average Bonchev–Trinajstić information content (AvgIpc) is 2.49. The van der Waals surface area contributed by atoms with E-state index in [1.165, 1.54) is 24.6 Å². The van der Waals surface area contributed by atoms with Crippen molar-refractivity contribution in [3.8, 4) is 0 Å². The Morgan fingerprint density at radius 1 is 0.960 bits per heavy atom. The number of rotatable bonds is 4. The third-order valence-electron chi connectivity index (χ3n) is 6.21. The highest BCUT2D eigenvalue weighted by Crippen LogP contribution is 2.53. The number of hydrogen-bond donors (Lipinski definition) is 1. The number of nitrogens with one attached hydrogen (secondary N) is 1. The molecule has 4 bridgehead atoms. The number of alkyl halides is 3. The van der Waals surface area contributed by atoms with Gasteiger partial charge in [0.25, 0.3) is 0 Å². The monoisotopic (exact) mass is 373 g/mol. The van der Waals surface area contributed by atoms with Gasteiger partial charge in [-0.3, -0.25) is 0 Å². The van der Waals surface area contributed by atoms with Gasteiger partial charge in [0.1, 0.15) is 0 Å². The standard InChI is InChI=1S/C18H22F3NO2S/c19-18(20,21)16-4-2-1-3-13(16)10-25(23,24)22-17-14-6-11-5-12(8-14)9-15(17)7-11/h1-4,11-12,14-15,17,22H,5-10H2. The lowest BCUT2D eigenvalue weighted by molar-refractivity contribution is -0.138.